The highest BCUT2D eigenvalue weighted by atomic mass is 14.7. The zero-order chi connectivity index (χ0) is 7.97. The molecule has 0 nitrogen and oxygen atoms in total. The molecule has 0 amide bonds. The molecule has 5 saturated carbocycles. The molecule has 3 atom stereocenters. The van der Waals surface area contributed by atoms with Gasteiger partial charge in [0.25, 0.3) is 0 Å². The van der Waals surface area contributed by atoms with Crippen LogP contribution in [0, 0.1) is 28.6 Å². The Bertz CT molecular complexity index is 243. The van der Waals surface area contributed by atoms with Gasteiger partial charge in [0.15, 0.2) is 0 Å². The number of hydrogen-bond acceptors (Lipinski definition) is 0. The Hall–Kier alpha value is 0. The average molecular weight is 162 g/mol. The van der Waals surface area contributed by atoms with Crippen LogP contribution in [0.25, 0.3) is 0 Å². The molecule has 66 valence electrons. The second-order valence-corrected chi connectivity index (χ2v) is 6.63. The van der Waals surface area contributed by atoms with E-state index in [-0.39, 0.29) is 0 Å². The molecule has 3 unspecified atom stereocenters. The van der Waals surface area contributed by atoms with Crippen LogP contribution in [0.3, 0.4) is 0 Å². The van der Waals surface area contributed by atoms with Crippen molar-refractivity contribution >= 4 is 0 Å². The minimum absolute atomic E-state index is 0.800. The molecule has 4 bridgehead atoms. The van der Waals surface area contributed by atoms with Gasteiger partial charge in [-0.2, -0.15) is 0 Å². The second kappa shape index (κ2) is 1.51. The first kappa shape index (κ1) is 6.45. The monoisotopic (exact) mass is 162 g/mol. The van der Waals surface area contributed by atoms with Crippen molar-refractivity contribution in [3.8, 4) is 0 Å². The Morgan fingerprint density at radius 3 is 2.58 bits per heavy atom. The summed E-state index contributed by atoms with van der Waals surface area (Å²) in [5.74, 6) is 3.53. The third-order valence-electron chi connectivity index (χ3n) is 5.66. The zero-order valence-electron chi connectivity index (χ0n) is 7.97. The largest absolute Gasteiger partial charge is 0.0596 e. The van der Waals surface area contributed by atoms with Gasteiger partial charge in [-0.25, -0.2) is 0 Å². The van der Waals surface area contributed by atoms with Gasteiger partial charge in [-0.3, -0.25) is 0 Å². The maximum absolute atomic E-state index is 2.57. The molecule has 0 N–H and O–H groups in total. The molecule has 0 heteroatoms. The van der Waals surface area contributed by atoms with Gasteiger partial charge >= 0.3 is 0 Å². The molecule has 12 heavy (non-hydrogen) atoms. The summed E-state index contributed by atoms with van der Waals surface area (Å²) >= 11 is 0. The normalized spacial score (nSPS) is 71.2. The van der Waals surface area contributed by atoms with Crippen molar-refractivity contribution in [3.05, 3.63) is 0 Å². The SMILES string of the molecule is CC12CC3CC4(C3)CC(C1)C4C2. The Balaban J connectivity index is 1.83. The highest BCUT2D eigenvalue weighted by Gasteiger charge is 2.67. The van der Waals surface area contributed by atoms with Gasteiger partial charge in [0.2, 0.25) is 0 Å². The van der Waals surface area contributed by atoms with Crippen LogP contribution in [0.4, 0.5) is 0 Å². The molecule has 0 aromatic carbocycles. The molecule has 5 rings (SSSR count). The maximum Gasteiger partial charge on any atom is -0.0258 e. The number of rotatable bonds is 0. The van der Waals surface area contributed by atoms with E-state index in [1.54, 1.807) is 38.5 Å². The smallest absolute Gasteiger partial charge is 0.0258 e. The van der Waals surface area contributed by atoms with Crippen LogP contribution in [0.5, 0.6) is 0 Å². The fourth-order valence-electron chi connectivity index (χ4n) is 5.57. The summed E-state index contributed by atoms with van der Waals surface area (Å²) in [5.41, 5.74) is 1.73. The molecule has 5 fully saturated rings. The van der Waals surface area contributed by atoms with Crippen molar-refractivity contribution in [2.75, 3.05) is 0 Å². The van der Waals surface area contributed by atoms with Crippen LogP contribution in [0.1, 0.15) is 45.4 Å². The summed E-state index contributed by atoms with van der Waals surface area (Å²) in [6.07, 6.45) is 9.67. The highest BCUT2D eigenvalue weighted by molar-refractivity contribution is 5.17. The predicted octanol–water partition coefficient (Wildman–Crippen LogP) is 3.22. The summed E-state index contributed by atoms with van der Waals surface area (Å²) in [5, 5.41) is 0. The second-order valence-electron chi connectivity index (χ2n) is 6.63. The molecule has 0 aromatic rings. The third kappa shape index (κ3) is 0.506. The summed E-state index contributed by atoms with van der Waals surface area (Å²) in [6.45, 7) is 2.57. The molecule has 5 aliphatic rings. The van der Waals surface area contributed by atoms with E-state index in [0.717, 1.165) is 16.7 Å². The van der Waals surface area contributed by atoms with Crippen molar-refractivity contribution in [2.45, 2.75) is 45.4 Å². The Kier molecular flexibility index (Phi) is 0.811. The molecule has 0 aliphatic heterocycles. The molecular weight excluding hydrogens is 144 g/mol. The first-order valence-corrected chi connectivity index (χ1v) is 5.69. The lowest BCUT2D eigenvalue weighted by atomic mass is 9.43. The average Bonchev–Trinajstić information content (AvgIpc) is 2.02. The quantitative estimate of drug-likeness (QED) is 0.513. The summed E-state index contributed by atoms with van der Waals surface area (Å²) in [4.78, 5) is 0. The van der Waals surface area contributed by atoms with E-state index in [4.69, 9.17) is 0 Å². The van der Waals surface area contributed by atoms with Crippen molar-refractivity contribution < 1.29 is 0 Å². The standard InChI is InChI=1S/C12H18/c1-11-2-8-3-12(4-8)6-9(5-11)10(12)7-11/h8-10H,2-7H2,1H3. The molecule has 1 spiro atoms. The van der Waals surface area contributed by atoms with Crippen molar-refractivity contribution in [1.82, 2.24) is 0 Å². The van der Waals surface area contributed by atoms with Crippen LogP contribution in [-0.4, -0.2) is 0 Å². The Morgan fingerprint density at radius 2 is 1.75 bits per heavy atom. The van der Waals surface area contributed by atoms with E-state index in [9.17, 15) is 0 Å². The molecule has 0 saturated heterocycles. The summed E-state index contributed by atoms with van der Waals surface area (Å²) in [7, 11) is 0. The zero-order valence-corrected chi connectivity index (χ0v) is 7.97. The van der Waals surface area contributed by atoms with E-state index in [0.29, 0.717) is 0 Å². The maximum atomic E-state index is 2.57. The van der Waals surface area contributed by atoms with Gasteiger partial charge in [0, 0.05) is 0 Å². The van der Waals surface area contributed by atoms with Gasteiger partial charge in [0.1, 0.15) is 0 Å². The van der Waals surface area contributed by atoms with Crippen molar-refractivity contribution in [2.24, 2.45) is 28.6 Å². The van der Waals surface area contributed by atoms with E-state index >= 15 is 0 Å². The van der Waals surface area contributed by atoms with Gasteiger partial charge < -0.3 is 0 Å². The lowest BCUT2D eigenvalue weighted by Gasteiger charge is -2.62. The molecular formula is C12H18. The Morgan fingerprint density at radius 1 is 0.917 bits per heavy atom. The molecule has 0 radical (unpaired) electrons. The van der Waals surface area contributed by atoms with Crippen LogP contribution in [0.15, 0.2) is 0 Å². The topological polar surface area (TPSA) is 0 Å². The van der Waals surface area contributed by atoms with Crippen LogP contribution in [-0.2, 0) is 0 Å². The molecule has 5 aliphatic carbocycles. The first-order valence-electron chi connectivity index (χ1n) is 5.69. The lowest BCUT2D eigenvalue weighted by Crippen LogP contribution is -2.53. The van der Waals surface area contributed by atoms with E-state index in [1.807, 2.05) is 0 Å². The van der Waals surface area contributed by atoms with Crippen LogP contribution >= 0.6 is 0 Å². The number of hydrogen-bond donors (Lipinski definition) is 0. The van der Waals surface area contributed by atoms with Gasteiger partial charge in [-0.15, -0.1) is 0 Å². The summed E-state index contributed by atoms with van der Waals surface area (Å²) < 4.78 is 0. The van der Waals surface area contributed by atoms with Crippen LogP contribution < -0.4 is 0 Å². The predicted molar refractivity (Wildman–Crippen MR) is 48.7 cm³/mol. The molecule has 0 heterocycles. The Labute approximate surface area is 74.7 Å². The lowest BCUT2D eigenvalue weighted by molar-refractivity contribution is -0.126. The summed E-state index contributed by atoms with van der Waals surface area (Å²) in [6, 6.07) is 0. The van der Waals surface area contributed by atoms with E-state index in [1.165, 1.54) is 11.8 Å². The minimum atomic E-state index is 0.800. The fraction of sp³-hybridized carbons (Fsp3) is 1.00. The fourth-order valence-corrected chi connectivity index (χ4v) is 5.57. The highest BCUT2D eigenvalue weighted by Crippen LogP contribution is 2.77. The van der Waals surface area contributed by atoms with Gasteiger partial charge in [-0.1, -0.05) is 6.92 Å². The van der Waals surface area contributed by atoms with Crippen LogP contribution in [0.2, 0.25) is 0 Å². The molecule has 0 aromatic heterocycles. The first-order chi connectivity index (χ1) is 5.69. The van der Waals surface area contributed by atoms with Crippen molar-refractivity contribution in [3.63, 3.8) is 0 Å². The van der Waals surface area contributed by atoms with Gasteiger partial charge in [-0.05, 0) is 67.1 Å². The van der Waals surface area contributed by atoms with E-state index < -0.39 is 0 Å². The van der Waals surface area contributed by atoms with Gasteiger partial charge in [0.05, 0.1) is 0 Å². The third-order valence-corrected chi connectivity index (χ3v) is 5.66. The van der Waals surface area contributed by atoms with Crippen molar-refractivity contribution in [1.29, 1.82) is 0 Å². The van der Waals surface area contributed by atoms with E-state index in [2.05, 4.69) is 6.92 Å². The minimum Gasteiger partial charge on any atom is -0.0596 e.